The van der Waals surface area contributed by atoms with Crippen molar-refractivity contribution < 1.29 is 14.6 Å². The third-order valence-corrected chi connectivity index (χ3v) is 4.92. The smallest absolute Gasteiger partial charge is 0.195 e. The maximum atomic E-state index is 10.5. The van der Waals surface area contributed by atoms with Gasteiger partial charge in [-0.25, -0.2) is 0 Å². The largest absolute Gasteiger partial charge is 0.364 e. The topological polar surface area (TPSA) is 42.0 Å². The molecule has 1 N–H and O–H groups in total. The van der Waals surface area contributed by atoms with E-state index in [1.54, 1.807) is 0 Å². The van der Waals surface area contributed by atoms with E-state index in [1.807, 2.05) is 6.92 Å². The number of hydrogen-bond acceptors (Lipinski definition) is 3. The van der Waals surface area contributed by atoms with Crippen molar-refractivity contribution in [1.82, 2.24) is 0 Å². The Morgan fingerprint density at radius 2 is 2.00 bits per heavy atom. The van der Waals surface area contributed by atoms with E-state index in [2.05, 4.69) is 22.9 Å². The molecule has 4 unspecified atom stereocenters. The molecule has 2 fully saturated rings. The molecule has 17 heavy (non-hydrogen) atoms. The van der Waals surface area contributed by atoms with Gasteiger partial charge in [-0.2, -0.15) is 0 Å². The van der Waals surface area contributed by atoms with Crippen LogP contribution < -0.4 is 0 Å². The molecular formula is C13H23BrO3. The van der Waals surface area contributed by atoms with Gasteiger partial charge in [0.25, 0.3) is 0 Å². The first-order valence-corrected chi connectivity index (χ1v) is 7.66. The zero-order chi connectivity index (χ0) is 12.5. The quantitative estimate of drug-likeness (QED) is 0.465. The molecule has 0 aromatic carbocycles. The summed E-state index contributed by atoms with van der Waals surface area (Å²) in [6, 6.07) is 0. The number of aliphatic hydroxyl groups is 1. The van der Waals surface area contributed by atoms with Gasteiger partial charge in [-0.3, -0.25) is 0 Å². The Balaban J connectivity index is 1.77. The number of ether oxygens (including phenoxy) is 2. The van der Waals surface area contributed by atoms with Gasteiger partial charge in [0.15, 0.2) is 11.6 Å². The number of epoxide rings is 1. The second-order valence-electron chi connectivity index (χ2n) is 5.44. The maximum Gasteiger partial charge on any atom is 0.195 e. The zero-order valence-corrected chi connectivity index (χ0v) is 12.3. The van der Waals surface area contributed by atoms with E-state index >= 15 is 0 Å². The molecule has 0 saturated carbocycles. The lowest BCUT2D eigenvalue weighted by atomic mass is 9.96. The Hall–Kier alpha value is 0.360. The van der Waals surface area contributed by atoms with E-state index in [1.165, 1.54) is 25.7 Å². The Morgan fingerprint density at radius 3 is 2.71 bits per heavy atom. The fourth-order valence-corrected chi connectivity index (χ4v) is 3.24. The standard InChI is InChI=1S/C13H23BrO3/c1-3-4-5-6-7-8-13(15)10(14)9-11-12(2,16-11)17-13/h10-11,15H,3-9H2,1-2H3. The SMILES string of the molecule is CCCCCCCC1(O)OC2(C)OC2CC1Br. The molecular weight excluding hydrogens is 284 g/mol. The van der Waals surface area contributed by atoms with E-state index in [0.29, 0.717) is 6.42 Å². The second-order valence-corrected chi connectivity index (χ2v) is 6.54. The normalized spacial score (nSPS) is 44.5. The average molecular weight is 307 g/mol. The molecule has 0 radical (unpaired) electrons. The molecule has 2 saturated heterocycles. The van der Waals surface area contributed by atoms with Gasteiger partial charge in [-0.15, -0.1) is 0 Å². The summed E-state index contributed by atoms with van der Waals surface area (Å²) in [6.45, 7) is 4.12. The molecule has 0 amide bonds. The van der Waals surface area contributed by atoms with Crippen LogP contribution in [0.4, 0.5) is 0 Å². The van der Waals surface area contributed by atoms with Crippen molar-refractivity contribution in [3.05, 3.63) is 0 Å². The summed E-state index contributed by atoms with van der Waals surface area (Å²) >= 11 is 3.53. The minimum absolute atomic E-state index is 0.0123. The van der Waals surface area contributed by atoms with Crippen LogP contribution >= 0.6 is 15.9 Å². The molecule has 0 aromatic heterocycles. The lowest BCUT2D eigenvalue weighted by Gasteiger charge is -2.37. The molecule has 0 aromatic rings. The van der Waals surface area contributed by atoms with Gasteiger partial charge in [0, 0.05) is 6.42 Å². The summed E-state index contributed by atoms with van der Waals surface area (Å²) in [5, 5.41) is 10.5. The molecule has 3 nitrogen and oxygen atoms in total. The van der Waals surface area contributed by atoms with Crippen LogP contribution in [0.2, 0.25) is 0 Å². The van der Waals surface area contributed by atoms with Crippen molar-refractivity contribution in [2.75, 3.05) is 0 Å². The minimum atomic E-state index is -1.05. The van der Waals surface area contributed by atoms with Gasteiger partial charge in [0.2, 0.25) is 0 Å². The van der Waals surface area contributed by atoms with E-state index < -0.39 is 11.6 Å². The molecule has 0 spiro atoms. The number of fused-ring (bicyclic) bond motifs is 1. The van der Waals surface area contributed by atoms with Crippen LogP contribution in [-0.4, -0.2) is 27.6 Å². The summed E-state index contributed by atoms with van der Waals surface area (Å²) in [7, 11) is 0. The van der Waals surface area contributed by atoms with Crippen molar-refractivity contribution in [2.45, 2.75) is 81.3 Å². The third kappa shape index (κ3) is 3.03. The molecule has 2 heterocycles. The first kappa shape index (κ1) is 13.8. The van der Waals surface area contributed by atoms with Gasteiger partial charge in [0.05, 0.1) is 4.83 Å². The molecule has 0 aliphatic carbocycles. The lowest BCUT2D eigenvalue weighted by molar-refractivity contribution is -0.267. The van der Waals surface area contributed by atoms with Crippen LogP contribution in [0.25, 0.3) is 0 Å². The van der Waals surface area contributed by atoms with E-state index in [0.717, 1.165) is 12.8 Å². The van der Waals surface area contributed by atoms with Crippen LogP contribution in [0.15, 0.2) is 0 Å². The fraction of sp³-hybridized carbons (Fsp3) is 1.00. The van der Waals surface area contributed by atoms with Crippen molar-refractivity contribution in [1.29, 1.82) is 0 Å². The summed E-state index contributed by atoms with van der Waals surface area (Å²) in [6.07, 6.45) is 7.64. The number of unbranched alkanes of at least 4 members (excludes halogenated alkanes) is 4. The monoisotopic (exact) mass is 306 g/mol. The minimum Gasteiger partial charge on any atom is -0.364 e. The Labute approximate surface area is 112 Å². The van der Waals surface area contributed by atoms with E-state index in [9.17, 15) is 5.11 Å². The van der Waals surface area contributed by atoms with Crippen molar-refractivity contribution in [2.24, 2.45) is 0 Å². The highest BCUT2D eigenvalue weighted by Gasteiger charge is 2.64. The van der Waals surface area contributed by atoms with Crippen LogP contribution in [0.3, 0.4) is 0 Å². The second kappa shape index (κ2) is 5.16. The Morgan fingerprint density at radius 1 is 1.29 bits per heavy atom. The van der Waals surface area contributed by atoms with Gasteiger partial charge in [-0.1, -0.05) is 48.5 Å². The third-order valence-electron chi connectivity index (χ3n) is 3.83. The van der Waals surface area contributed by atoms with E-state index in [-0.39, 0.29) is 10.9 Å². The predicted molar refractivity (Wildman–Crippen MR) is 70.0 cm³/mol. The van der Waals surface area contributed by atoms with Crippen LogP contribution in [0, 0.1) is 0 Å². The highest BCUT2D eigenvalue weighted by atomic mass is 79.9. The molecule has 2 aliphatic heterocycles. The van der Waals surface area contributed by atoms with Crippen LogP contribution in [0.1, 0.15) is 58.8 Å². The summed E-state index contributed by atoms with van der Waals surface area (Å²) in [5.74, 6) is -1.57. The zero-order valence-electron chi connectivity index (χ0n) is 10.7. The molecule has 100 valence electrons. The van der Waals surface area contributed by atoms with Crippen molar-refractivity contribution in [3.63, 3.8) is 0 Å². The molecule has 4 atom stereocenters. The molecule has 2 rings (SSSR count). The Bertz CT molecular complexity index is 273. The van der Waals surface area contributed by atoms with Crippen LogP contribution in [-0.2, 0) is 9.47 Å². The number of alkyl halides is 1. The molecule has 2 aliphatic rings. The molecule has 4 heteroatoms. The first-order chi connectivity index (χ1) is 8.00. The number of hydrogen-bond donors (Lipinski definition) is 1. The average Bonchev–Trinajstić information content (AvgIpc) is 2.88. The van der Waals surface area contributed by atoms with Gasteiger partial charge < -0.3 is 14.6 Å². The fourth-order valence-electron chi connectivity index (χ4n) is 2.58. The number of rotatable bonds is 6. The summed E-state index contributed by atoms with van der Waals surface area (Å²) in [5.41, 5.74) is 0. The highest BCUT2D eigenvalue weighted by Crippen LogP contribution is 2.51. The van der Waals surface area contributed by atoms with Crippen molar-refractivity contribution in [3.8, 4) is 0 Å². The van der Waals surface area contributed by atoms with Crippen molar-refractivity contribution >= 4 is 15.9 Å². The summed E-state index contributed by atoms with van der Waals surface area (Å²) in [4.78, 5) is -0.0123. The van der Waals surface area contributed by atoms with Gasteiger partial charge >= 0.3 is 0 Å². The first-order valence-electron chi connectivity index (χ1n) is 6.74. The Kier molecular flexibility index (Phi) is 4.18. The van der Waals surface area contributed by atoms with E-state index in [4.69, 9.17) is 9.47 Å². The lowest BCUT2D eigenvalue weighted by Crippen LogP contribution is -2.49. The van der Waals surface area contributed by atoms with Gasteiger partial charge in [-0.05, 0) is 19.8 Å². The van der Waals surface area contributed by atoms with Gasteiger partial charge in [0.1, 0.15) is 6.10 Å². The molecule has 0 bridgehead atoms. The number of halogens is 1. The van der Waals surface area contributed by atoms with Crippen LogP contribution in [0.5, 0.6) is 0 Å². The maximum absolute atomic E-state index is 10.5. The summed E-state index contributed by atoms with van der Waals surface area (Å²) < 4.78 is 11.2. The predicted octanol–water partition coefficient (Wildman–Crippen LogP) is 3.33. The highest BCUT2D eigenvalue weighted by molar-refractivity contribution is 9.09.